The van der Waals surface area contributed by atoms with Gasteiger partial charge < -0.3 is 10.2 Å². The van der Waals surface area contributed by atoms with Crippen molar-refractivity contribution in [2.45, 2.75) is 45.6 Å². The van der Waals surface area contributed by atoms with Gasteiger partial charge >= 0.3 is 0 Å². The molecule has 0 saturated carbocycles. The molecule has 1 N–H and O–H groups in total. The second-order valence-electron chi connectivity index (χ2n) is 5.97. The number of nitrogens with one attached hydrogen (secondary N) is 1. The molecule has 0 aromatic heterocycles. The van der Waals surface area contributed by atoms with Crippen LogP contribution < -0.4 is 5.32 Å². The van der Waals surface area contributed by atoms with E-state index >= 15 is 0 Å². The Morgan fingerprint density at radius 2 is 2.06 bits per heavy atom. The zero-order chi connectivity index (χ0) is 12.8. The number of nitrogens with zero attached hydrogens (tertiary/aromatic N) is 2. The van der Waals surface area contributed by atoms with Gasteiger partial charge in [-0.2, -0.15) is 0 Å². The number of likely N-dealkylation sites (N-methyl/N-ethyl adjacent to an activating group) is 1. The smallest absolute Gasteiger partial charge is 0.0235 e. The number of likely N-dealkylation sites (tertiary alicyclic amines) is 1. The van der Waals surface area contributed by atoms with Gasteiger partial charge in [0.05, 0.1) is 0 Å². The van der Waals surface area contributed by atoms with Gasteiger partial charge in [0, 0.05) is 12.6 Å². The summed E-state index contributed by atoms with van der Waals surface area (Å²) in [5.74, 6) is 0.964. The van der Waals surface area contributed by atoms with E-state index in [1.807, 2.05) is 0 Å². The van der Waals surface area contributed by atoms with Crippen LogP contribution in [-0.2, 0) is 0 Å². The van der Waals surface area contributed by atoms with Gasteiger partial charge in [0.1, 0.15) is 0 Å². The van der Waals surface area contributed by atoms with Crippen LogP contribution in [0.15, 0.2) is 0 Å². The van der Waals surface area contributed by atoms with Crippen molar-refractivity contribution >= 4 is 0 Å². The van der Waals surface area contributed by atoms with Crippen molar-refractivity contribution in [3.8, 4) is 0 Å². The van der Waals surface area contributed by atoms with Crippen LogP contribution in [-0.4, -0.2) is 61.7 Å². The third-order valence-corrected chi connectivity index (χ3v) is 4.83. The molecule has 0 spiro atoms. The highest BCUT2D eigenvalue weighted by atomic mass is 15.2. The molecular weight excluding hydrogens is 222 g/mol. The van der Waals surface area contributed by atoms with Crippen LogP contribution in [0, 0.1) is 5.92 Å². The van der Waals surface area contributed by atoms with Crippen LogP contribution in [0.1, 0.15) is 39.5 Å². The third-order valence-electron chi connectivity index (χ3n) is 4.83. The average Bonchev–Trinajstić information content (AvgIpc) is 3.03. The molecule has 2 rings (SSSR count). The maximum atomic E-state index is 3.47. The Hall–Kier alpha value is -0.120. The fourth-order valence-corrected chi connectivity index (χ4v) is 3.62. The van der Waals surface area contributed by atoms with E-state index in [1.54, 1.807) is 0 Å². The molecule has 2 fully saturated rings. The topological polar surface area (TPSA) is 18.5 Å². The Balaban J connectivity index is 1.60. The minimum Gasteiger partial charge on any atom is -0.316 e. The summed E-state index contributed by atoms with van der Waals surface area (Å²) in [4.78, 5) is 5.31. The Kier molecular flexibility index (Phi) is 5.93. The van der Waals surface area contributed by atoms with Crippen molar-refractivity contribution in [2.75, 3.05) is 45.8 Å². The molecule has 2 aliphatic rings. The van der Waals surface area contributed by atoms with Crippen molar-refractivity contribution in [1.29, 1.82) is 0 Å². The summed E-state index contributed by atoms with van der Waals surface area (Å²) in [5.41, 5.74) is 0. The Labute approximate surface area is 113 Å². The first-order valence-corrected chi connectivity index (χ1v) is 8.00. The lowest BCUT2D eigenvalue weighted by Crippen LogP contribution is -2.37. The van der Waals surface area contributed by atoms with E-state index in [4.69, 9.17) is 0 Å². The molecule has 2 atom stereocenters. The predicted octanol–water partition coefficient (Wildman–Crippen LogP) is 1.79. The van der Waals surface area contributed by atoms with Gasteiger partial charge in [-0.1, -0.05) is 13.8 Å². The maximum Gasteiger partial charge on any atom is 0.0235 e. The molecule has 106 valence electrons. The second-order valence-corrected chi connectivity index (χ2v) is 5.97. The highest BCUT2D eigenvalue weighted by molar-refractivity contribution is 4.82. The van der Waals surface area contributed by atoms with E-state index in [9.17, 15) is 0 Å². The number of hydrogen-bond donors (Lipinski definition) is 1. The predicted molar refractivity (Wildman–Crippen MR) is 78.0 cm³/mol. The van der Waals surface area contributed by atoms with Crippen LogP contribution in [0.3, 0.4) is 0 Å². The zero-order valence-corrected chi connectivity index (χ0v) is 12.3. The zero-order valence-electron chi connectivity index (χ0n) is 12.3. The largest absolute Gasteiger partial charge is 0.316 e. The minimum atomic E-state index is 0.827. The molecule has 0 amide bonds. The van der Waals surface area contributed by atoms with Crippen LogP contribution in [0.2, 0.25) is 0 Å². The van der Waals surface area contributed by atoms with Gasteiger partial charge in [0.2, 0.25) is 0 Å². The van der Waals surface area contributed by atoms with Crippen molar-refractivity contribution < 1.29 is 0 Å². The van der Waals surface area contributed by atoms with E-state index in [-0.39, 0.29) is 0 Å². The van der Waals surface area contributed by atoms with E-state index in [0.717, 1.165) is 12.0 Å². The Bertz CT molecular complexity index is 222. The van der Waals surface area contributed by atoms with Crippen LogP contribution >= 0.6 is 0 Å². The molecule has 3 heteroatoms. The molecule has 2 heterocycles. The van der Waals surface area contributed by atoms with Crippen molar-refractivity contribution in [3.63, 3.8) is 0 Å². The molecule has 2 saturated heterocycles. The lowest BCUT2D eigenvalue weighted by Gasteiger charge is -2.26. The monoisotopic (exact) mass is 253 g/mol. The van der Waals surface area contributed by atoms with Gasteiger partial charge in [-0.15, -0.1) is 0 Å². The fraction of sp³-hybridized carbons (Fsp3) is 1.00. The molecule has 0 radical (unpaired) electrons. The summed E-state index contributed by atoms with van der Waals surface area (Å²) in [7, 11) is 0. The van der Waals surface area contributed by atoms with Gasteiger partial charge in [0.15, 0.2) is 0 Å². The number of rotatable bonds is 7. The molecule has 3 nitrogen and oxygen atoms in total. The van der Waals surface area contributed by atoms with Gasteiger partial charge in [-0.05, 0) is 70.9 Å². The molecule has 0 aliphatic carbocycles. The highest BCUT2D eigenvalue weighted by Gasteiger charge is 2.25. The molecule has 2 unspecified atom stereocenters. The first-order chi connectivity index (χ1) is 8.83. The normalized spacial score (nSPS) is 29.5. The SMILES string of the molecule is CCN(CC)C1CCN(CCCC2CCNC2)C1. The summed E-state index contributed by atoms with van der Waals surface area (Å²) < 4.78 is 0. The lowest BCUT2D eigenvalue weighted by molar-refractivity contribution is 0.209. The van der Waals surface area contributed by atoms with Crippen LogP contribution in [0.25, 0.3) is 0 Å². The summed E-state index contributed by atoms with van der Waals surface area (Å²) in [6, 6.07) is 0.827. The Morgan fingerprint density at radius 3 is 2.72 bits per heavy atom. The summed E-state index contributed by atoms with van der Waals surface area (Å²) in [6.07, 6.45) is 5.62. The van der Waals surface area contributed by atoms with Crippen LogP contribution in [0.5, 0.6) is 0 Å². The molecular formula is C15H31N3. The van der Waals surface area contributed by atoms with Gasteiger partial charge in [-0.25, -0.2) is 0 Å². The van der Waals surface area contributed by atoms with E-state index < -0.39 is 0 Å². The van der Waals surface area contributed by atoms with Crippen molar-refractivity contribution in [3.05, 3.63) is 0 Å². The molecule has 0 bridgehead atoms. The lowest BCUT2D eigenvalue weighted by atomic mass is 10.0. The first kappa shape index (κ1) is 14.3. The fourth-order valence-electron chi connectivity index (χ4n) is 3.62. The van der Waals surface area contributed by atoms with Gasteiger partial charge in [-0.3, -0.25) is 4.90 Å². The highest BCUT2D eigenvalue weighted by Crippen LogP contribution is 2.18. The van der Waals surface area contributed by atoms with E-state index in [2.05, 4.69) is 29.0 Å². The average molecular weight is 253 g/mol. The summed E-state index contributed by atoms with van der Waals surface area (Å²) >= 11 is 0. The third kappa shape index (κ3) is 3.94. The van der Waals surface area contributed by atoms with Crippen molar-refractivity contribution in [1.82, 2.24) is 15.1 Å². The molecule has 2 aliphatic heterocycles. The summed E-state index contributed by atoms with van der Waals surface area (Å²) in [6.45, 7) is 13.5. The molecule has 0 aromatic carbocycles. The molecule has 18 heavy (non-hydrogen) atoms. The van der Waals surface area contributed by atoms with Gasteiger partial charge in [0.25, 0.3) is 0 Å². The van der Waals surface area contributed by atoms with Crippen LogP contribution in [0.4, 0.5) is 0 Å². The Morgan fingerprint density at radius 1 is 1.22 bits per heavy atom. The summed E-state index contributed by atoms with van der Waals surface area (Å²) in [5, 5.41) is 3.47. The number of hydrogen-bond acceptors (Lipinski definition) is 3. The standard InChI is InChI=1S/C15H31N3/c1-3-18(4-2)15-8-11-17(13-15)10-5-6-14-7-9-16-12-14/h14-16H,3-13H2,1-2H3. The van der Waals surface area contributed by atoms with Crippen molar-refractivity contribution in [2.24, 2.45) is 5.92 Å². The van der Waals surface area contributed by atoms with E-state index in [1.165, 1.54) is 71.5 Å². The quantitative estimate of drug-likeness (QED) is 0.746. The minimum absolute atomic E-state index is 0.827. The second kappa shape index (κ2) is 7.46. The maximum absolute atomic E-state index is 3.47. The molecule has 0 aromatic rings. The first-order valence-electron chi connectivity index (χ1n) is 8.00. The van der Waals surface area contributed by atoms with E-state index in [0.29, 0.717) is 0 Å².